The molecule has 1 aromatic rings. The van der Waals surface area contributed by atoms with E-state index in [4.69, 9.17) is 17.3 Å². The highest BCUT2D eigenvalue weighted by Gasteiger charge is 2.35. The van der Waals surface area contributed by atoms with Crippen molar-refractivity contribution in [3.05, 3.63) is 34.9 Å². The summed E-state index contributed by atoms with van der Waals surface area (Å²) >= 11 is 6.14. The van der Waals surface area contributed by atoms with Crippen molar-refractivity contribution in [2.24, 2.45) is 10.7 Å². The maximum Gasteiger partial charge on any atom is 0.188 e. The first-order chi connectivity index (χ1) is 9.52. The molecule has 118 valence electrons. The van der Waals surface area contributed by atoms with E-state index in [9.17, 15) is 0 Å². The number of hydrogen-bond donors (Lipinski definition) is 2. The Balaban J connectivity index is 0.00000220. The van der Waals surface area contributed by atoms with Gasteiger partial charge < -0.3 is 11.1 Å². The summed E-state index contributed by atoms with van der Waals surface area (Å²) < 4.78 is 0. The van der Waals surface area contributed by atoms with E-state index in [0.717, 1.165) is 24.4 Å². The van der Waals surface area contributed by atoms with Crippen LogP contribution in [0.1, 0.15) is 45.1 Å². The molecule has 1 aliphatic carbocycles. The van der Waals surface area contributed by atoms with Crippen molar-refractivity contribution in [2.45, 2.75) is 51.0 Å². The number of halogens is 2. The van der Waals surface area contributed by atoms with Gasteiger partial charge in [0.25, 0.3) is 0 Å². The minimum atomic E-state index is 0. The van der Waals surface area contributed by atoms with Crippen molar-refractivity contribution < 1.29 is 0 Å². The molecule has 1 fully saturated rings. The van der Waals surface area contributed by atoms with Gasteiger partial charge in [-0.2, -0.15) is 0 Å². The molecule has 3 N–H and O–H groups in total. The summed E-state index contributed by atoms with van der Waals surface area (Å²) in [5.41, 5.74) is 7.33. The standard InChI is InChI=1S/C16H24ClN3.HI/c1-12(2)20-15(18)19-11-16(8-3-4-9-16)13-6-5-7-14(17)10-13;/h5-7,10,12H,3-4,8-9,11H2,1-2H3,(H3,18,19,20);1H. The minimum absolute atomic E-state index is 0. The van der Waals surface area contributed by atoms with Crippen LogP contribution in [0.5, 0.6) is 0 Å². The summed E-state index contributed by atoms with van der Waals surface area (Å²) in [6, 6.07) is 8.50. The Morgan fingerprint density at radius 3 is 2.62 bits per heavy atom. The lowest BCUT2D eigenvalue weighted by Crippen LogP contribution is -2.38. The van der Waals surface area contributed by atoms with Crippen LogP contribution in [-0.2, 0) is 5.41 Å². The molecular formula is C16H25ClIN3. The summed E-state index contributed by atoms with van der Waals surface area (Å²) in [6.07, 6.45) is 4.82. The second-order valence-electron chi connectivity index (χ2n) is 6.00. The van der Waals surface area contributed by atoms with Gasteiger partial charge in [-0.1, -0.05) is 36.6 Å². The minimum Gasteiger partial charge on any atom is -0.370 e. The summed E-state index contributed by atoms with van der Waals surface area (Å²) in [6.45, 7) is 4.86. The third kappa shape index (κ3) is 5.02. The molecule has 0 aliphatic heterocycles. The van der Waals surface area contributed by atoms with E-state index in [-0.39, 0.29) is 29.4 Å². The third-order valence-corrected chi connectivity index (χ3v) is 4.22. The topological polar surface area (TPSA) is 50.4 Å². The quantitative estimate of drug-likeness (QED) is 0.437. The van der Waals surface area contributed by atoms with Crippen molar-refractivity contribution in [3.8, 4) is 0 Å². The Labute approximate surface area is 149 Å². The Hall–Kier alpha value is -0.490. The Kier molecular flexibility index (Phi) is 7.27. The third-order valence-electron chi connectivity index (χ3n) is 3.99. The lowest BCUT2D eigenvalue weighted by Gasteiger charge is -2.28. The molecule has 5 heteroatoms. The van der Waals surface area contributed by atoms with Gasteiger partial charge in [-0.25, -0.2) is 0 Å². The second-order valence-corrected chi connectivity index (χ2v) is 6.43. The number of aliphatic imine (C=N–C) groups is 1. The van der Waals surface area contributed by atoms with Crippen LogP contribution in [0.15, 0.2) is 29.3 Å². The second kappa shape index (κ2) is 8.22. The van der Waals surface area contributed by atoms with E-state index < -0.39 is 0 Å². The predicted molar refractivity (Wildman–Crippen MR) is 102 cm³/mol. The van der Waals surface area contributed by atoms with Crippen molar-refractivity contribution in [1.82, 2.24) is 5.32 Å². The average molecular weight is 422 g/mol. The van der Waals surface area contributed by atoms with E-state index in [2.05, 4.69) is 36.3 Å². The van der Waals surface area contributed by atoms with Gasteiger partial charge in [0, 0.05) is 16.5 Å². The fourth-order valence-electron chi connectivity index (χ4n) is 2.99. The zero-order valence-corrected chi connectivity index (χ0v) is 15.8. The summed E-state index contributed by atoms with van der Waals surface area (Å²) in [7, 11) is 0. The Bertz CT molecular complexity index is 482. The number of nitrogens with zero attached hydrogens (tertiary/aromatic N) is 1. The first-order valence-corrected chi connectivity index (χ1v) is 7.72. The molecule has 0 aromatic heterocycles. The number of nitrogens with two attached hydrogens (primary N) is 1. The van der Waals surface area contributed by atoms with E-state index >= 15 is 0 Å². The van der Waals surface area contributed by atoms with Gasteiger partial charge in [-0.15, -0.1) is 24.0 Å². The number of guanidine groups is 1. The van der Waals surface area contributed by atoms with E-state index in [1.807, 2.05) is 12.1 Å². The van der Waals surface area contributed by atoms with Gasteiger partial charge in [-0.3, -0.25) is 4.99 Å². The molecule has 0 spiro atoms. The normalized spacial score (nSPS) is 17.6. The lowest BCUT2D eigenvalue weighted by atomic mass is 9.79. The fourth-order valence-corrected chi connectivity index (χ4v) is 3.18. The summed E-state index contributed by atoms with van der Waals surface area (Å²) in [5.74, 6) is 0.535. The Morgan fingerprint density at radius 1 is 1.38 bits per heavy atom. The van der Waals surface area contributed by atoms with Crippen LogP contribution in [0, 0.1) is 0 Å². The first kappa shape index (κ1) is 18.6. The molecule has 1 saturated carbocycles. The van der Waals surface area contributed by atoms with Gasteiger partial charge in [-0.05, 0) is 44.4 Å². The molecule has 0 unspecified atom stereocenters. The molecule has 0 radical (unpaired) electrons. The van der Waals surface area contributed by atoms with Crippen LogP contribution in [0.3, 0.4) is 0 Å². The maximum atomic E-state index is 6.14. The van der Waals surface area contributed by atoms with Crippen LogP contribution in [0.2, 0.25) is 5.02 Å². The largest absolute Gasteiger partial charge is 0.370 e. The molecule has 1 aliphatic rings. The number of benzene rings is 1. The van der Waals surface area contributed by atoms with Gasteiger partial charge in [0.1, 0.15) is 0 Å². The van der Waals surface area contributed by atoms with Gasteiger partial charge in [0.2, 0.25) is 0 Å². The number of nitrogens with one attached hydrogen (secondary N) is 1. The summed E-state index contributed by atoms with van der Waals surface area (Å²) in [5, 5.41) is 3.95. The molecule has 0 bridgehead atoms. The zero-order chi connectivity index (χ0) is 14.6. The fraction of sp³-hybridized carbons (Fsp3) is 0.562. The molecule has 2 rings (SSSR count). The Morgan fingerprint density at radius 2 is 2.05 bits per heavy atom. The van der Waals surface area contributed by atoms with Crippen molar-refractivity contribution in [3.63, 3.8) is 0 Å². The first-order valence-electron chi connectivity index (χ1n) is 7.34. The molecule has 3 nitrogen and oxygen atoms in total. The van der Waals surface area contributed by atoms with Gasteiger partial charge >= 0.3 is 0 Å². The highest BCUT2D eigenvalue weighted by molar-refractivity contribution is 14.0. The van der Waals surface area contributed by atoms with E-state index in [1.54, 1.807) is 0 Å². The van der Waals surface area contributed by atoms with Crippen LogP contribution in [0.25, 0.3) is 0 Å². The monoisotopic (exact) mass is 421 g/mol. The van der Waals surface area contributed by atoms with E-state index in [0.29, 0.717) is 12.0 Å². The van der Waals surface area contributed by atoms with E-state index in [1.165, 1.54) is 18.4 Å². The van der Waals surface area contributed by atoms with Crippen LogP contribution < -0.4 is 11.1 Å². The maximum absolute atomic E-state index is 6.14. The summed E-state index contributed by atoms with van der Waals surface area (Å²) in [4.78, 5) is 4.56. The number of hydrogen-bond acceptors (Lipinski definition) is 1. The van der Waals surface area contributed by atoms with Crippen molar-refractivity contribution >= 4 is 41.5 Å². The molecule has 21 heavy (non-hydrogen) atoms. The molecular weight excluding hydrogens is 397 g/mol. The number of rotatable bonds is 4. The molecule has 0 amide bonds. The zero-order valence-electron chi connectivity index (χ0n) is 12.7. The predicted octanol–water partition coefficient (Wildman–Crippen LogP) is 4.08. The smallest absolute Gasteiger partial charge is 0.188 e. The van der Waals surface area contributed by atoms with Crippen LogP contribution in [0.4, 0.5) is 0 Å². The SMILES string of the molecule is CC(C)NC(N)=NCC1(c2cccc(Cl)c2)CCCC1.I. The highest BCUT2D eigenvalue weighted by atomic mass is 127. The molecule has 0 atom stereocenters. The van der Waals surface area contributed by atoms with Crippen molar-refractivity contribution in [2.75, 3.05) is 6.54 Å². The molecule has 0 saturated heterocycles. The van der Waals surface area contributed by atoms with Crippen LogP contribution >= 0.6 is 35.6 Å². The molecule has 0 heterocycles. The van der Waals surface area contributed by atoms with Crippen molar-refractivity contribution in [1.29, 1.82) is 0 Å². The van der Waals surface area contributed by atoms with Gasteiger partial charge in [0.15, 0.2) is 5.96 Å². The lowest BCUT2D eigenvalue weighted by molar-refractivity contribution is 0.453. The van der Waals surface area contributed by atoms with Crippen LogP contribution in [-0.4, -0.2) is 18.5 Å². The highest BCUT2D eigenvalue weighted by Crippen LogP contribution is 2.42. The average Bonchev–Trinajstić information content (AvgIpc) is 2.86. The molecule has 1 aromatic carbocycles. The van der Waals surface area contributed by atoms with Gasteiger partial charge in [0.05, 0.1) is 6.54 Å².